The normalized spacial score (nSPS) is 10.9. The van der Waals surface area contributed by atoms with Crippen LogP contribution in [-0.4, -0.2) is 9.55 Å². The summed E-state index contributed by atoms with van der Waals surface area (Å²) in [5.74, 6) is -9.90. The molecule has 0 aliphatic rings. The van der Waals surface area contributed by atoms with Gasteiger partial charge >= 0.3 is 0 Å². The number of rotatable bonds is 4. The number of imidazole rings is 1. The molecule has 0 fully saturated rings. The van der Waals surface area contributed by atoms with E-state index in [2.05, 4.69) is 10.3 Å². The van der Waals surface area contributed by atoms with E-state index in [1.54, 1.807) is 4.57 Å². The van der Waals surface area contributed by atoms with Crippen molar-refractivity contribution in [3.8, 4) is 0 Å². The van der Waals surface area contributed by atoms with Crippen LogP contribution in [0, 0.1) is 29.1 Å². The molecule has 0 aliphatic heterocycles. The van der Waals surface area contributed by atoms with Crippen LogP contribution in [0.3, 0.4) is 0 Å². The number of anilines is 1. The van der Waals surface area contributed by atoms with Crippen molar-refractivity contribution in [3.63, 3.8) is 0 Å². The Kier molecular flexibility index (Phi) is 3.91. The van der Waals surface area contributed by atoms with Gasteiger partial charge < -0.3 is 9.88 Å². The van der Waals surface area contributed by atoms with Crippen molar-refractivity contribution in [2.45, 2.75) is 20.0 Å². The average molecular weight is 291 g/mol. The van der Waals surface area contributed by atoms with Crippen LogP contribution in [0.15, 0.2) is 12.5 Å². The predicted octanol–water partition coefficient (Wildman–Crippen LogP) is 3.21. The summed E-state index contributed by atoms with van der Waals surface area (Å²) in [6, 6.07) is 0. The number of aromatic nitrogens is 2. The predicted molar refractivity (Wildman–Crippen MR) is 61.5 cm³/mol. The maximum Gasteiger partial charge on any atom is 0.200 e. The fourth-order valence-corrected chi connectivity index (χ4v) is 1.72. The average Bonchev–Trinajstić information content (AvgIpc) is 2.90. The van der Waals surface area contributed by atoms with Gasteiger partial charge in [0.05, 0.1) is 18.6 Å². The van der Waals surface area contributed by atoms with Crippen molar-refractivity contribution in [2.24, 2.45) is 0 Å². The highest BCUT2D eigenvalue weighted by Gasteiger charge is 2.25. The fraction of sp³-hybridized carbons (Fsp3) is 0.250. The Morgan fingerprint density at radius 1 is 1.00 bits per heavy atom. The van der Waals surface area contributed by atoms with Crippen molar-refractivity contribution in [1.29, 1.82) is 0 Å². The van der Waals surface area contributed by atoms with Crippen LogP contribution in [0.2, 0.25) is 0 Å². The van der Waals surface area contributed by atoms with Gasteiger partial charge in [-0.3, -0.25) is 0 Å². The number of halogens is 5. The van der Waals surface area contributed by atoms with E-state index in [0.717, 1.165) is 0 Å². The largest absolute Gasteiger partial charge is 0.374 e. The number of hydrogen-bond acceptors (Lipinski definition) is 2. The van der Waals surface area contributed by atoms with Crippen LogP contribution in [0.25, 0.3) is 0 Å². The number of nitrogens with zero attached hydrogens (tertiary/aromatic N) is 2. The van der Waals surface area contributed by atoms with Crippen LogP contribution in [0.5, 0.6) is 0 Å². The Morgan fingerprint density at radius 3 is 2.10 bits per heavy atom. The van der Waals surface area contributed by atoms with Gasteiger partial charge in [0, 0.05) is 12.7 Å². The first-order valence-electron chi connectivity index (χ1n) is 5.71. The summed E-state index contributed by atoms with van der Waals surface area (Å²) < 4.78 is 67.3. The molecule has 0 unspecified atom stereocenters. The molecule has 20 heavy (non-hydrogen) atoms. The number of nitrogens with one attached hydrogen (secondary N) is 1. The summed E-state index contributed by atoms with van der Waals surface area (Å²) in [7, 11) is 0. The number of hydrogen-bond donors (Lipinski definition) is 1. The molecule has 0 saturated heterocycles. The molecule has 1 aromatic carbocycles. The first kappa shape index (κ1) is 14.3. The minimum atomic E-state index is -2.18. The molecule has 0 bridgehead atoms. The first-order valence-corrected chi connectivity index (χ1v) is 5.71. The van der Waals surface area contributed by atoms with Crippen molar-refractivity contribution >= 4 is 5.69 Å². The van der Waals surface area contributed by atoms with Gasteiger partial charge in [0.15, 0.2) is 23.3 Å². The van der Waals surface area contributed by atoms with E-state index in [1.807, 2.05) is 6.92 Å². The smallest absolute Gasteiger partial charge is 0.200 e. The van der Waals surface area contributed by atoms with Crippen molar-refractivity contribution in [1.82, 2.24) is 9.55 Å². The van der Waals surface area contributed by atoms with Crippen LogP contribution in [-0.2, 0) is 13.1 Å². The molecule has 0 aliphatic carbocycles. The summed E-state index contributed by atoms with van der Waals surface area (Å²) in [4.78, 5) is 3.83. The van der Waals surface area contributed by atoms with Crippen LogP contribution in [0.4, 0.5) is 27.6 Å². The standard InChI is InChI=1S/C12H10F5N3/c1-2-20-5-18-3-6(20)4-19-12-10(16)8(14)7(13)9(15)11(12)17/h3,5,19H,2,4H2,1H3. The third kappa shape index (κ3) is 2.33. The Hall–Kier alpha value is -2.12. The third-order valence-corrected chi connectivity index (χ3v) is 2.80. The zero-order chi connectivity index (χ0) is 14.9. The molecule has 2 rings (SSSR count). The van der Waals surface area contributed by atoms with Crippen LogP contribution >= 0.6 is 0 Å². The van der Waals surface area contributed by atoms with Gasteiger partial charge in [-0.2, -0.15) is 0 Å². The lowest BCUT2D eigenvalue weighted by Crippen LogP contribution is -2.12. The molecule has 0 spiro atoms. The van der Waals surface area contributed by atoms with E-state index >= 15 is 0 Å². The van der Waals surface area contributed by atoms with E-state index in [-0.39, 0.29) is 6.54 Å². The lowest BCUT2D eigenvalue weighted by Gasteiger charge is -2.11. The molecule has 0 saturated carbocycles. The van der Waals surface area contributed by atoms with Crippen molar-refractivity contribution < 1.29 is 22.0 Å². The van der Waals surface area contributed by atoms with Crippen LogP contribution < -0.4 is 5.32 Å². The topological polar surface area (TPSA) is 29.9 Å². The lowest BCUT2D eigenvalue weighted by atomic mass is 10.2. The van der Waals surface area contributed by atoms with Gasteiger partial charge in [-0.1, -0.05) is 0 Å². The van der Waals surface area contributed by atoms with Crippen LogP contribution in [0.1, 0.15) is 12.6 Å². The Labute approximate surface area is 111 Å². The van der Waals surface area contributed by atoms with Gasteiger partial charge in [-0.05, 0) is 6.92 Å². The molecular weight excluding hydrogens is 281 g/mol. The third-order valence-electron chi connectivity index (χ3n) is 2.80. The fourth-order valence-electron chi connectivity index (χ4n) is 1.72. The Morgan fingerprint density at radius 2 is 1.55 bits per heavy atom. The van der Waals surface area contributed by atoms with E-state index in [0.29, 0.717) is 12.2 Å². The summed E-state index contributed by atoms with van der Waals surface area (Å²) in [6.45, 7) is 2.27. The minimum Gasteiger partial charge on any atom is -0.374 e. The Balaban J connectivity index is 2.31. The highest BCUT2D eigenvalue weighted by Crippen LogP contribution is 2.27. The van der Waals surface area contributed by atoms with Crippen molar-refractivity contribution in [3.05, 3.63) is 47.3 Å². The molecule has 3 nitrogen and oxygen atoms in total. The molecule has 0 atom stereocenters. The highest BCUT2D eigenvalue weighted by molar-refractivity contribution is 5.47. The van der Waals surface area contributed by atoms with E-state index in [1.165, 1.54) is 12.5 Å². The maximum atomic E-state index is 13.4. The zero-order valence-corrected chi connectivity index (χ0v) is 10.4. The molecule has 0 amide bonds. The highest BCUT2D eigenvalue weighted by atomic mass is 19.2. The molecule has 1 aromatic heterocycles. The first-order chi connectivity index (χ1) is 9.47. The second-order valence-electron chi connectivity index (χ2n) is 3.97. The number of benzene rings is 1. The Bertz CT molecular complexity index is 609. The van der Waals surface area contributed by atoms with Gasteiger partial charge in [-0.15, -0.1) is 0 Å². The molecule has 8 heteroatoms. The summed E-state index contributed by atoms with van der Waals surface area (Å²) >= 11 is 0. The SMILES string of the molecule is CCn1cncc1CNc1c(F)c(F)c(F)c(F)c1F. The van der Waals surface area contributed by atoms with Crippen molar-refractivity contribution in [2.75, 3.05) is 5.32 Å². The molecule has 2 aromatic rings. The van der Waals surface area contributed by atoms with Gasteiger partial charge in [0.1, 0.15) is 5.69 Å². The summed E-state index contributed by atoms with van der Waals surface area (Å²) in [5.41, 5.74) is -0.498. The van der Waals surface area contributed by atoms with E-state index in [9.17, 15) is 22.0 Å². The molecular formula is C12H10F5N3. The monoisotopic (exact) mass is 291 g/mol. The van der Waals surface area contributed by atoms with Gasteiger partial charge in [0.2, 0.25) is 5.82 Å². The number of aryl methyl sites for hydroxylation is 1. The summed E-state index contributed by atoms with van der Waals surface area (Å²) in [6.07, 6.45) is 2.93. The second-order valence-corrected chi connectivity index (χ2v) is 3.97. The lowest BCUT2D eigenvalue weighted by molar-refractivity contribution is 0.381. The summed E-state index contributed by atoms with van der Waals surface area (Å²) in [5, 5.41) is 2.21. The molecule has 1 N–H and O–H groups in total. The second kappa shape index (κ2) is 5.48. The zero-order valence-electron chi connectivity index (χ0n) is 10.4. The van der Waals surface area contributed by atoms with E-state index in [4.69, 9.17) is 0 Å². The molecule has 1 heterocycles. The van der Waals surface area contributed by atoms with Gasteiger partial charge in [-0.25, -0.2) is 26.9 Å². The maximum absolute atomic E-state index is 13.4. The molecule has 108 valence electrons. The van der Waals surface area contributed by atoms with E-state index < -0.39 is 34.8 Å². The van der Waals surface area contributed by atoms with Gasteiger partial charge in [0.25, 0.3) is 0 Å². The molecule has 0 radical (unpaired) electrons. The minimum absolute atomic E-state index is 0.119. The quantitative estimate of drug-likeness (QED) is 0.532.